The van der Waals surface area contributed by atoms with Crippen LogP contribution >= 0.6 is 35.7 Å². The second-order valence-corrected chi connectivity index (χ2v) is 9.24. The topological polar surface area (TPSA) is 76.3 Å². The number of benzene rings is 2. The molecule has 0 aliphatic carbocycles. The van der Waals surface area contributed by atoms with Crippen molar-refractivity contribution in [3.63, 3.8) is 0 Å². The molecule has 0 bridgehead atoms. The molecule has 3 aromatic rings. The molecule has 2 aromatic carbocycles. The predicted molar refractivity (Wildman–Crippen MR) is 127 cm³/mol. The van der Waals surface area contributed by atoms with Crippen LogP contribution in [0.2, 0.25) is 0 Å². The van der Waals surface area contributed by atoms with Crippen LogP contribution in [0.4, 0.5) is 5.69 Å². The summed E-state index contributed by atoms with van der Waals surface area (Å²) in [5.41, 5.74) is 1.50. The number of carbonyl (C=O) groups excluding carboxylic acids is 1. The number of aromatic nitrogens is 1. The molecule has 154 valence electrons. The van der Waals surface area contributed by atoms with E-state index < -0.39 is 4.92 Å². The zero-order chi connectivity index (χ0) is 21.8. The first-order valence-electron chi connectivity index (χ1n) is 9.18. The molecule has 1 saturated heterocycles. The minimum atomic E-state index is -0.451. The number of nitro groups is 1. The van der Waals surface area contributed by atoms with Crippen molar-refractivity contribution in [1.29, 1.82) is 0 Å². The Hall–Kier alpha value is -3.01. The third kappa shape index (κ3) is 5.01. The summed E-state index contributed by atoms with van der Waals surface area (Å²) < 4.78 is 0.462. The van der Waals surface area contributed by atoms with Gasteiger partial charge in [0.15, 0.2) is 0 Å². The van der Waals surface area contributed by atoms with E-state index in [0.29, 0.717) is 21.3 Å². The normalized spacial score (nSPS) is 15.0. The summed E-state index contributed by atoms with van der Waals surface area (Å²) in [6, 6.07) is 19.7. The Labute approximate surface area is 192 Å². The number of nitro benzene ring substituents is 1. The number of thioether (sulfide) groups is 1. The molecule has 0 unspecified atom stereocenters. The van der Waals surface area contributed by atoms with Crippen LogP contribution in [0.1, 0.15) is 11.1 Å². The number of thiocarbonyl (C=S) groups is 1. The van der Waals surface area contributed by atoms with Gasteiger partial charge < -0.3 is 0 Å². The molecule has 4 rings (SSSR count). The van der Waals surface area contributed by atoms with Crippen LogP contribution < -0.4 is 0 Å². The van der Waals surface area contributed by atoms with Crippen LogP contribution in [-0.4, -0.2) is 25.0 Å². The van der Waals surface area contributed by atoms with Crippen molar-refractivity contribution in [2.24, 2.45) is 0 Å². The molecule has 0 saturated carbocycles. The second-order valence-electron chi connectivity index (χ2n) is 6.50. The van der Waals surface area contributed by atoms with Gasteiger partial charge in [0.2, 0.25) is 0 Å². The third-order valence-electron chi connectivity index (χ3n) is 4.40. The highest BCUT2D eigenvalue weighted by atomic mass is 32.2. The largest absolute Gasteiger partial charge is 0.288 e. The van der Waals surface area contributed by atoms with Gasteiger partial charge >= 0.3 is 0 Å². The third-order valence-corrected chi connectivity index (χ3v) is 6.82. The van der Waals surface area contributed by atoms with E-state index in [1.54, 1.807) is 23.2 Å². The quantitative estimate of drug-likeness (QED) is 0.205. The number of hydrogen-bond donors (Lipinski definition) is 0. The number of rotatable bonds is 6. The zero-order valence-electron chi connectivity index (χ0n) is 16.0. The average Bonchev–Trinajstić information content (AvgIpc) is 3.03. The molecule has 0 N–H and O–H groups in total. The lowest BCUT2D eigenvalue weighted by atomic mass is 10.1. The minimum Gasteiger partial charge on any atom is -0.288 e. The van der Waals surface area contributed by atoms with Crippen molar-refractivity contribution in [3.8, 4) is 0 Å². The Bertz CT molecular complexity index is 1180. The summed E-state index contributed by atoms with van der Waals surface area (Å²) in [6.45, 7) is 0.382. The van der Waals surface area contributed by atoms with Crippen LogP contribution in [0.3, 0.4) is 0 Å². The van der Waals surface area contributed by atoms with E-state index in [1.165, 1.54) is 35.7 Å². The maximum Gasteiger partial charge on any atom is 0.270 e. The van der Waals surface area contributed by atoms with Gasteiger partial charge in [0, 0.05) is 23.2 Å². The molecule has 9 heteroatoms. The summed E-state index contributed by atoms with van der Waals surface area (Å²) in [4.78, 5) is 30.9. The van der Waals surface area contributed by atoms with E-state index in [2.05, 4.69) is 4.98 Å². The smallest absolute Gasteiger partial charge is 0.270 e. The zero-order valence-corrected chi connectivity index (χ0v) is 18.5. The molecule has 1 aromatic heterocycles. The number of carbonyl (C=O) groups is 1. The number of pyridine rings is 1. The number of hydrogen-bond acceptors (Lipinski definition) is 7. The van der Waals surface area contributed by atoms with Gasteiger partial charge in [0.05, 0.1) is 16.4 Å². The molecule has 1 amide bonds. The summed E-state index contributed by atoms with van der Waals surface area (Å²) in [6.07, 6.45) is 3.35. The molecule has 1 fully saturated rings. The Balaban J connectivity index is 1.66. The van der Waals surface area contributed by atoms with Crippen molar-refractivity contribution in [3.05, 3.63) is 99.1 Å². The Morgan fingerprint density at radius 2 is 1.90 bits per heavy atom. The van der Waals surface area contributed by atoms with Gasteiger partial charge in [-0.05, 0) is 35.4 Å². The maximum absolute atomic E-state index is 13.0. The van der Waals surface area contributed by atoms with E-state index in [-0.39, 0.29) is 11.6 Å². The molecule has 1 aliphatic rings. The van der Waals surface area contributed by atoms with Gasteiger partial charge in [0.25, 0.3) is 11.6 Å². The fourth-order valence-corrected chi connectivity index (χ4v) is 5.02. The van der Waals surface area contributed by atoms with Crippen molar-refractivity contribution >= 4 is 57.7 Å². The molecule has 0 atom stereocenters. The van der Waals surface area contributed by atoms with Crippen molar-refractivity contribution in [1.82, 2.24) is 9.88 Å². The maximum atomic E-state index is 13.0. The van der Waals surface area contributed by atoms with Gasteiger partial charge in [-0.15, -0.1) is 0 Å². The van der Waals surface area contributed by atoms with E-state index in [0.717, 1.165) is 15.5 Å². The summed E-state index contributed by atoms with van der Waals surface area (Å²) in [5.74, 6) is -0.209. The van der Waals surface area contributed by atoms with Crippen molar-refractivity contribution < 1.29 is 9.72 Å². The number of non-ortho nitro benzene ring substituents is 1. The average molecular weight is 466 g/mol. The van der Waals surface area contributed by atoms with Crippen LogP contribution in [-0.2, 0) is 11.3 Å². The van der Waals surface area contributed by atoms with Crippen LogP contribution in [0, 0.1) is 10.1 Å². The molecule has 31 heavy (non-hydrogen) atoms. The molecule has 6 nitrogen and oxygen atoms in total. The number of nitrogens with zero attached hydrogens (tertiary/aromatic N) is 3. The van der Waals surface area contributed by atoms with Crippen molar-refractivity contribution in [2.45, 2.75) is 16.5 Å². The Morgan fingerprint density at radius 3 is 2.61 bits per heavy atom. The lowest BCUT2D eigenvalue weighted by Crippen LogP contribution is -2.27. The highest BCUT2D eigenvalue weighted by Gasteiger charge is 2.32. The van der Waals surface area contributed by atoms with Crippen LogP contribution in [0.15, 0.2) is 87.8 Å². The van der Waals surface area contributed by atoms with Crippen LogP contribution in [0.5, 0.6) is 0 Å². The highest BCUT2D eigenvalue weighted by molar-refractivity contribution is 8.26. The Kier molecular flexibility index (Phi) is 6.45. The van der Waals surface area contributed by atoms with Gasteiger partial charge in [-0.1, -0.05) is 72.1 Å². The van der Waals surface area contributed by atoms with Crippen molar-refractivity contribution in [2.75, 3.05) is 0 Å². The molecule has 0 radical (unpaired) electrons. The summed E-state index contributed by atoms with van der Waals surface area (Å²) in [7, 11) is 0. The SMILES string of the molecule is O=C1C(=Cc2cc([N+](=O)[O-])ccc2Sc2ccccn2)SC(=S)N1Cc1ccccc1. The fourth-order valence-electron chi connectivity index (χ4n) is 2.92. The first-order valence-corrected chi connectivity index (χ1v) is 11.2. The monoisotopic (exact) mass is 465 g/mol. The lowest BCUT2D eigenvalue weighted by Gasteiger charge is -2.14. The van der Waals surface area contributed by atoms with Gasteiger partial charge in [0.1, 0.15) is 9.35 Å². The van der Waals surface area contributed by atoms with Gasteiger partial charge in [-0.2, -0.15) is 0 Å². The summed E-state index contributed by atoms with van der Waals surface area (Å²) >= 11 is 8.00. The standard InChI is InChI=1S/C22H15N3O3S3/c26-21-19(31-22(29)24(21)14-15-6-2-1-3-7-15)13-16-12-17(25(27)28)9-10-18(16)30-20-8-4-5-11-23-20/h1-13H,14H2. The van der Waals surface area contributed by atoms with Crippen LogP contribution in [0.25, 0.3) is 6.08 Å². The number of amides is 1. The second kappa shape index (κ2) is 9.42. The fraction of sp³-hybridized carbons (Fsp3) is 0.0455. The van der Waals surface area contributed by atoms with E-state index >= 15 is 0 Å². The Morgan fingerprint density at radius 1 is 1.13 bits per heavy atom. The first kappa shape index (κ1) is 21.2. The lowest BCUT2D eigenvalue weighted by molar-refractivity contribution is -0.384. The molecule has 0 spiro atoms. The molecular weight excluding hydrogens is 450 g/mol. The molecule has 2 heterocycles. The van der Waals surface area contributed by atoms with E-state index in [9.17, 15) is 14.9 Å². The minimum absolute atomic E-state index is 0.0450. The highest BCUT2D eigenvalue weighted by Crippen LogP contribution is 2.37. The van der Waals surface area contributed by atoms with Gasteiger partial charge in [-0.3, -0.25) is 19.8 Å². The molecular formula is C22H15N3O3S3. The van der Waals surface area contributed by atoms with Gasteiger partial charge in [-0.25, -0.2) is 4.98 Å². The summed E-state index contributed by atoms with van der Waals surface area (Å²) in [5, 5.41) is 12.0. The van der Waals surface area contributed by atoms with E-state index in [1.807, 2.05) is 48.5 Å². The van der Waals surface area contributed by atoms with E-state index in [4.69, 9.17) is 12.2 Å². The molecule has 1 aliphatic heterocycles. The predicted octanol–water partition coefficient (Wildman–Crippen LogP) is 5.54. The first-order chi connectivity index (χ1) is 15.0.